The monoisotopic (exact) mass is 401 g/mol. The maximum absolute atomic E-state index is 13.2. The lowest BCUT2D eigenvalue weighted by atomic mass is 10.2. The number of nitrogens with zero attached hydrogens (tertiary/aromatic N) is 2. The van der Waals surface area contributed by atoms with Gasteiger partial charge in [0, 0.05) is 36.4 Å². The zero-order chi connectivity index (χ0) is 19.3. The molecule has 0 aliphatic carbocycles. The maximum atomic E-state index is 13.2. The summed E-state index contributed by atoms with van der Waals surface area (Å²) in [6.07, 6.45) is 6.01. The molecule has 1 amide bonds. The van der Waals surface area contributed by atoms with Gasteiger partial charge in [-0.25, -0.2) is 8.42 Å². The van der Waals surface area contributed by atoms with E-state index in [1.54, 1.807) is 36.7 Å². The van der Waals surface area contributed by atoms with Gasteiger partial charge in [-0.2, -0.15) is 0 Å². The molecule has 3 aromatic rings. The van der Waals surface area contributed by atoms with Gasteiger partial charge >= 0.3 is 0 Å². The first-order chi connectivity index (χ1) is 13.0. The Bertz CT molecular complexity index is 1010. The number of pyridine rings is 2. The van der Waals surface area contributed by atoms with Gasteiger partial charge in [0.05, 0.1) is 10.5 Å². The van der Waals surface area contributed by atoms with Crippen molar-refractivity contribution in [3.05, 3.63) is 89.5 Å². The van der Waals surface area contributed by atoms with Crippen molar-refractivity contribution in [3.63, 3.8) is 0 Å². The zero-order valence-electron chi connectivity index (χ0n) is 14.1. The van der Waals surface area contributed by atoms with Crippen molar-refractivity contribution in [1.29, 1.82) is 0 Å². The number of amides is 1. The molecule has 0 bridgehead atoms. The fourth-order valence-electron chi connectivity index (χ4n) is 2.55. The zero-order valence-corrected chi connectivity index (χ0v) is 15.7. The van der Waals surface area contributed by atoms with E-state index >= 15 is 0 Å². The summed E-state index contributed by atoms with van der Waals surface area (Å²) >= 11 is 5.86. The third kappa shape index (κ3) is 4.50. The number of sulfone groups is 1. The molecule has 0 saturated heterocycles. The van der Waals surface area contributed by atoms with Crippen LogP contribution in [-0.2, 0) is 9.84 Å². The summed E-state index contributed by atoms with van der Waals surface area (Å²) < 4.78 is 26.3. The third-order valence-corrected chi connectivity index (χ3v) is 6.31. The number of aromatic nitrogens is 2. The van der Waals surface area contributed by atoms with Crippen LogP contribution < -0.4 is 5.32 Å². The second-order valence-electron chi connectivity index (χ2n) is 5.73. The molecule has 3 rings (SSSR count). The molecule has 0 radical (unpaired) electrons. The Morgan fingerprint density at radius 2 is 1.67 bits per heavy atom. The average Bonchev–Trinajstić information content (AvgIpc) is 2.69. The molecule has 1 atom stereocenters. The Morgan fingerprint density at radius 3 is 2.26 bits per heavy atom. The van der Waals surface area contributed by atoms with Crippen LogP contribution in [0.3, 0.4) is 0 Å². The molecule has 1 unspecified atom stereocenters. The quantitative estimate of drug-likeness (QED) is 0.685. The minimum atomic E-state index is -3.78. The smallest absolute Gasteiger partial charge is 0.252 e. The summed E-state index contributed by atoms with van der Waals surface area (Å²) in [5, 5.41) is 2.12. The largest absolute Gasteiger partial charge is 0.350 e. The number of carbonyl (C=O) groups is 1. The van der Waals surface area contributed by atoms with E-state index in [4.69, 9.17) is 11.6 Å². The van der Waals surface area contributed by atoms with Crippen LogP contribution in [0.2, 0.25) is 5.02 Å². The van der Waals surface area contributed by atoms with E-state index in [0.29, 0.717) is 16.1 Å². The summed E-state index contributed by atoms with van der Waals surface area (Å²) in [6.45, 7) is -0.107. The molecule has 0 saturated carbocycles. The fraction of sp³-hybridized carbons (Fsp3) is 0.105. The first-order valence-corrected chi connectivity index (χ1v) is 9.98. The number of halogens is 1. The van der Waals surface area contributed by atoms with E-state index < -0.39 is 21.0 Å². The van der Waals surface area contributed by atoms with E-state index in [1.165, 1.54) is 36.7 Å². The van der Waals surface area contributed by atoms with E-state index in [2.05, 4.69) is 15.3 Å². The van der Waals surface area contributed by atoms with Crippen LogP contribution in [0.4, 0.5) is 0 Å². The van der Waals surface area contributed by atoms with Crippen molar-refractivity contribution in [3.8, 4) is 0 Å². The molecule has 1 N–H and O–H groups in total. The van der Waals surface area contributed by atoms with Crippen LogP contribution in [0, 0.1) is 0 Å². The van der Waals surface area contributed by atoms with Crippen molar-refractivity contribution < 1.29 is 13.2 Å². The molecule has 138 valence electrons. The number of carbonyl (C=O) groups excluding carboxylic acids is 1. The molecule has 0 spiro atoms. The van der Waals surface area contributed by atoms with Gasteiger partial charge in [0.25, 0.3) is 5.91 Å². The molecule has 6 nitrogen and oxygen atoms in total. The lowest BCUT2D eigenvalue weighted by molar-refractivity contribution is 0.0953. The van der Waals surface area contributed by atoms with Crippen LogP contribution in [0.5, 0.6) is 0 Å². The van der Waals surface area contributed by atoms with Gasteiger partial charge in [-0.05, 0) is 48.0 Å². The van der Waals surface area contributed by atoms with E-state index in [9.17, 15) is 13.2 Å². The summed E-state index contributed by atoms with van der Waals surface area (Å²) in [6, 6.07) is 12.5. The number of hydrogen-bond donors (Lipinski definition) is 1. The normalized spacial score (nSPS) is 12.3. The van der Waals surface area contributed by atoms with Gasteiger partial charge in [-0.15, -0.1) is 0 Å². The van der Waals surface area contributed by atoms with Crippen LogP contribution >= 0.6 is 11.6 Å². The standard InChI is InChI=1S/C19H16ClN3O3S/c20-16-5-7-17(8-6-16)27(25,26)18(14-3-1-9-21-11-14)13-23-19(24)15-4-2-10-22-12-15/h1-12,18H,13H2,(H,23,24). The Labute approximate surface area is 162 Å². The summed E-state index contributed by atoms with van der Waals surface area (Å²) in [5.74, 6) is -0.400. The lowest BCUT2D eigenvalue weighted by Gasteiger charge is -2.19. The van der Waals surface area contributed by atoms with Gasteiger partial charge in [0.15, 0.2) is 9.84 Å². The van der Waals surface area contributed by atoms with Crippen molar-refractivity contribution in [1.82, 2.24) is 15.3 Å². The Balaban J connectivity index is 1.90. The van der Waals surface area contributed by atoms with Gasteiger partial charge in [-0.1, -0.05) is 17.7 Å². The SMILES string of the molecule is O=C(NCC(c1cccnc1)S(=O)(=O)c1ccc(Cl)cc1)c1cccnc1. The second-order valence-corrected chi connectivity index (χ2v) is 8.29. The molecule has 2 aromatic heterocycles. The Kier molecular flexibility index (Phi) is 5.83. The van der Waals surface area contributed by atoms with Gasteiger partial charge < -0.3 is 5.32 Å². The minimum Gasteiger partial charge on any atom is -0.350 e. The van der Waals surface area contributed by atoms with Gasteiger partial charge in [0.1, 0.15) is 5.25 Å². The molecule has 0 fully saturated rings. The average molecular weight is 402 g/mol. The molecular formula is C19H16ClN3O3S. The topological polar surface area (TPSA) is 89.0 Å². The molecule has 27 heavy (non-hydrogen) atoms. The summed E-state index contributed by atoms with van der Waals surface area (Å²) in [7, 11) is -3.78. The fourth-order valence-corrected chi connectivity index (χ4v) is 4.32. The van der Waals surface area contributed by atoms with E-state index in [-0.39, 0.29) is 11.4 Å². The number of hydrogen-bond acceptors (Lipinski definition) is 5. The van der Waals surface area contributed by atoms with Crippen LogP contribution in [0.25, 0.3) is 0 Å². The molecular weight excluding hydrogens is 386 g/mol. The van der Waals surface area contributed by atoms with Crippen LogP contribution in [0.1, 0.15) is 21.2 Å². The molecule has 0 aliphatic heterocycles. The Morgan fingerprint density at radius 1 is 1.00 bits per heavy atom. The molecule has 8 heteroatoms. The summed E-state index contributed by atoms with van der Waals surface area (Å²) in [4.78, 5) is 20.3. The predicted molar refractivity (Wildman–Crippen MR) is 102 cm³/mol. The van der Waals surface area contributed by atoms with Crippen molar-refractivity contribution in [2.75, 3.05) is 6.54 Å². The van der Waals surface area contributed by atoms with Crippen LogP contribution in [-0.4, -0.2) is 30.8 Å². The molecule has 0 aliphatic rings. The second kappa shape index (κ2) is 8.28. The minimum absolute atomic E-state index is 0.107. The predicted octanol–water partition coefficient (Wildman–Crippen LogP) is 3.08. The Hall–Kier alpha value is -2.77. The van der Waals surface area contributed by atoms with Gasteiger partial charge in [0.2, 0.25) is 0 Å². The highest BCUT2D eigenvalue weighted by molar-refractivity contribution is 7.91. The van der Waals surface area contributed by atoms with Crippen molar-refractivity contribution >= 4 is 27.3 Å². The first-order valence-electron chi connectivity index (χ1n) is 8.06. The first kappa shape index (κ1) is 19.0. The number of rotatable bonds is 6. The summed E-state index contributed by atoms with van der Waals surface area (Å²) in [5.41, 5.74) is 0.838. The number of benzene rings is 1. The van der Waals surface area contributed by atoms with Crippen LogP contribution in [0.15, 0.2) is 78.2 Å². The molecule has 1 aromatic carbocycles. The number of nitrogens with one attached hydrogen (secondary N) is 1. The van der Waals surface area contributed by atoms with E-state index in [0.717, 1.165) is 0 Å². The molecule has 2 heterocycles. The maximum Gasteiger partial charge on any atom is 0.252 e. The lowest BCUT2D eigenvalue weighted by Crippen LogP contribution is -2.32. The third-order valence-electron chi connectivity index (χ3n) is 3.94. The van der Waals surface area contributed by atoms with Gasteiger partial charge in [-0.3, -0.25) is 14.8 Å². The highest BCUT2D eigenvalue weighted by atomic mass is 35.5. The van der Waals surface area contributed by atoms with E-state index in [1.807, 2.05) is 0 Å². The highest BCUT2D eigenvalue weighted by Gasteiger charge is 2.30. The van der Waals surface area contributed by atoms with Crippen molar-refractivity contribution in [2.45, 2.75) is 10.1 Å². The highest BCUT2D eigenvalue weighted by Crippen LogP contribution is 2.29. The van der Waals surface area contributed by atoms with Crippen molar-refractivity contribution in [2.24, 2.45) is 0 Å².